The summed E-state index contributed by atoms with van der Waals surface area (Å²) in [5.41, 5.74) is 0. The molecule has 1 aliphatic rings. The highest BCUT2D eigenvalue weighted by Crippen LogP contribution is 2.09. The van der Waals surface area contributed by atoms with Crippen molar-refractivity contribution in [3.63, 3.8) is 0 Å². The molecular weight excluding hydrogens is 324 g/mol. The quantitative estimate of drug-likeness (QED) is 0.158. The van der Waals surface area contributed by atoms with Crippen LogP contribution in [0.3, 0.4) is 0 Å². The van der Waals surface area contributed by atoms with E-state index in [2.05, 4.69) is 65.0 Å². The van der Waals surface area contributed by atoms with Crippen LogP contribution in [0.5, 0.6) is 0 Å². The molecule has 0 aromatic heterocycles. The van der Waals surface area contributed by atoms with Crippen molar-refractivity contribution < 1.29 is 21.1 Å². The summed E-state index contributed by atoms with van der Waals surface area (Å²) in [6, 6.07) is 0. The highest BCUT2D eigenvalue weighted by atomic mass is 16.6. The lowest BCUT2D eigenvalue weighted by molar-refractivity contribution is -0.144. The van der Waals surface area contributed by atoms with Gasteiger partial charge < -0.3 is 9.47 Å². The van der Waals surface area contributed by atoms with Gasteiger partial charge in [0.1, 0.15) is 12.6 Å². The van der Waals surface area contributed by atoms with E-state index in [1.807, 2.05) is 12.2 Å². The van der Waals surface area contributed by atoms with Crippen LogP contribution >= 0.6 is 0 Å². The van der Waals surface area contributed by atoms with E-state index in [9.17, 15) is 4.79 Å². The molecule has 0 amide bonds. The fourth-order valence-corrected chi connectivity index (χ4v) is 1.95. The normalized spacial score (nSPS) is 25.7. The molecule has 0 aromatic rings. The Hall–Kier alpha value is -1.87. The highest BCUT2D eigenvalue weighted by molar-refractivity contribution is 5.69. The van der Waals surface area contributed by atoms with Crippen molar-refractivity contribution in [2.24, 2.45) is 0 Å². The molecule has 0 aromatic carbocycles. The number of unbranched alkanes of at least 4 members (excludes halogenated alkanes) is 1. The maximum Gasteiger partial charge on any atom is 0.305 e. The molecule has 1 unspecified atom stereocenters. The second kappa shape index (κ2) is 16.6. The summed E-state index contributed by atoms with van der Waals surface area (Å²) in [6.45, 7) is -3.16. The molecule has 0 saturated carbocycles. The third-order valence-corrected chi connectivity index (χ3v) is 3.37. The van der Waals surface area contributed by atoms with E-state index in [4.69, 9.17) is 6.85 Å². The van der Waals surface area contributed by atoms with Crippen molar-refractivity contribution in [2.45, 2.75) is 64.4 Å². The first kappa shape index (κ1) is 15.2. The molecule has 1 atom stereocenters. The molecular formula is C23H34O3. The summed E-state index contributed by atoms with van der Waals surface area (Å²) < 4.78 is 46.2. The lowest BCUT2D eigenvalue weighted by atomic mass is 10.2. The predicted octanol–water partition coefficient (Wildman–Crippen LogP) is 5.85. The number of epoxide rings is 1. The molecule has 26 heavy (non-hydrogen) atoms. The standard InChI is InChI=1S/C23H34O3/c1-2-3-4-5-6-7-8-9-10-11-12-13-14-15-16-17-18-19-23(24)26-21-22-20-25-22/h3-4,6-7,9-10,12-13,15-16,22H,2,5,8,11,14,17-21H2,1H3/b4-3+,7-6+,10-9+,13-12+,16-15+/i20D2,21D2,22D. The Morgan fingerprint density at radius 1 is 1.04 bits per heavy atom. The molecule has 1 aliphatic heterocycles. The van der Waals surface area contributed by atoms with Gasteiger partial charge in [0.15, 0.2) is 0 Å². The summed E-state index contributed by atoms with van der Waals surface area (Å²) in [4.78, 5) is 11.7. The zero-order chi connectivity index (χ0) is 23.2. The predicted molar refractivity (Wildman–Crippen MR) is 109 cm³/mol. The van der Waals surface area contributed by atoms with Crippen LogP contribution in [0.1, 0.15) is 65.1 Å². The lowest BCUT2D eigenvalue weighted by Gasteiger charge is -2.00. The Labute approximate surface area is 166 Å². The van der Waals surface area contributed by atoms with Gasteiger partial charge in [-0.3, -0.25) is 4.79 Å². The van der Waals surface area contributed by atoms with Crippen LogP contribution in [0.4, 0.5) is 0 Å². The van der Waals surface area contributed by atoms with Crippen molar-refractivity contribution in [3.8, 4) is 0 Å². The number of hydrogen-bond donors (Lipinski definition) is 0. The van der Waals surface area contributed by atoms with Crippen molar-refractivity contribution in [1.29, 1.82) is 0 Å². The second-order valence-corrected chi connectivity index (χ2v) is 5.71. The first-order valence-corrected chi connectivity index (χ1v) is 9.33. The summed E-state index contributed by atoms with van der Waals surface area (Å²) in [5.74, 6) is -0.810. The van der Waals surface area contributed by atoms with Gasteiger partial charge in [0.25, 0.3) is 0 Å². The molecule has 1 rings (SSSR count). The number of ether oxygens (including phenoxy) is 2. The minimum atomic E-state index is -2.83. The summed E-state index contributed by atoms with van der Waals surface area (Å²) in [5, 5.41) is 0. The van der Waals surface area contributed by atoms with Crippen LogP contribution < -0.4 is 0 Å². The van der Waals surface area contributed by atoms with Crippen molar-refractivity contribution in [2.75, 3.05) is 13.1 Å². The number of hydrogen-bond acceptors (Lipinski definition) is 3. The van der Waals surface area contributed by atoms with Crippen molar-refractivity contribution in [1.82, 2.24) is 0 Å². The summed E-state index contributed by atoms with van der Waals surface area (Å²) in [6.07, 6.45) is 24.4. The van der Waals surface area contributed by atoms with Crippen LogP contribution in [0, 0.1) is 0 Å². The molecule has 0 aliphatic carbocycles. The number of carbonyl (C=O) groups excluding carboxylic acids is 1. The topological polar surface area (TPSA) is 38.8 Å². The summed E-state index contributed by atoms with van der Waals surface area (Å²) >= 11 is 0. The molecule has 0 spiro atoms. The van der Waals surface area contributed by atoms with Crippen LogP contribution in [0.15, 0.2) is 60.8 Å². The maximum atomic E-state index is 11.7. The fourth-order valence-electron chi connectivity index (χ4n) is 1.95. The van der Waals surface area contributed by atoms with Gasteiger partial charge in [0, 0.05) is 6.42 Å². The Kier molecular flexibility index (Phi) is 9.71. The molecule has 0 N–H and O–H groups in total. The molecule has 1 fully saturated rings. The third-order valence-electron chi connectivity index (χ3n) is 3.37. The van der Waals surface area contributed by atoms with Crippen LogP contribution in [-0.2, 0) is 14.3 Å². The molecule has 1 saturated heterocycles. The second-order valence-electron chi connectivity index (χ2n) is 5.71. The van der Waals surface area contributed by atoms with Crippen molar-refractivity contribution in [3.05, 3.63) is 60.8 Å². The van der Waals surface area contributed by atoms with E-state index >= 15 is 0 Å². The minimum Gasteiger partial charge on any atom is -0.463 e. The Morgan fingerprint density at radius 3 is 2.04 bits per heavy atom. The smallest absolute Gasteiger partial charge is 0.305 e. The first-order chi connectivity index (χ1) is 14.7. The first-order valence-electron chi connectivity index (χ1n) is 11.8. The molecule has 0 radical (unpaired) electrons. The van der Waals surface area contributed by atoms with Gasteiger partial charge in [-0.2, -0.15) is 0 Å². The van der Waals surface area contributed by atoms with Gasteiger partial charge in [0.2, 0.25) is 0 Å². The average Bonchev–Trinajstić information content (AvgIpc) is 3.23. The number of esters is 1. The average molecular weight is 364 g/mol. The van der Waals surface area contributed by atoms with Gasteiger partial charge in [0.05, 0.1) is 13.4 Å². The zero-order valence-corrected chi connectivity index (χ0v) is 15.7. The Bertz CT molecular complexity index is 695. The van der Waals surface area contributed by atoms with E-state index in [0.29, 0.717) is 12.8 Å². The highest BCUT2D eigenvalue weighted by Gasteiger charge is 2.23. The molecule has 144 valence electrons. The Morgan fingerprint density at radius 2 is 1.54 bits per heavy atom. The van der Waals surface area contributed by atoms with E-state index in [1.165, 1.54) is 0 Å². The summed E-state index contributed by atoms with van der Waals surface area (Å²) in [7, 11) is 0. The van der Waals surface area contributed by atoms with Crippen molar-refractivity contribution >= 4 is 5.97 Å². The molecule has 3 nitrogen and oxygen atoms in total. The van der Waals surface area contributed by atoms with Crippen LogP contribution in [0.2, 0.25) is 0 Å². The third kappa shape index (κ3) is 15.6. The molecule has 0 bridgehead atoms. The fraction of sp³-hybridized carbons (Fsp3) is 0.522. The number of rotatable bonds is 15. The largest absolute Gasteiger partial charge is 0.463 e. The molecule has 3 heteroatoms. The van der Waals surface area contributed by atoms with Gasteiger partial charge >= 0.3 is 5.97 Å². The van der Waals surface area contributed by atoms with Gasteiger partial charge in [-0.15, -0.1) is 0 Å². The SMILES string of the molecule is [2H]C([2H])(OC(=O)CCC/C=C/C/C=C/C/C=C/C/C=C/C/C=C/CC)C1([2H])OC1([2H])[2H]. The number of allylic oxidation sites excluding steroid dienone is 10. The van der Waals surface area contributed by atoms with Gasteiger partial charge in [-0.25, -0.2) is 0 Å². The molecule has 1 heterocycles. The van der Waals surface area contributed by atoms with Gasteiger partial charge in [-0.1, -0.05) is 67.7 Å². The van der Waals surface area contributed by atoms with E-state index in [-0.39, 0.29) is 6.42 Å². The maximum absolute atomic E-state index is 11.7. The lowest BCUT2D eigenvalue weighted by Crippen LogP contribution is -2.09. The minimum absolute atomic E-state index is 0.00704. The van der Waals surface area contributed by atoms with E-state index < -0.39 is 25.2 Å². The van der Waals surface area contributed by atoms with Crippen LogP contribution in [0.25, 0.3) is 0 Å². The number of carbonyl (C=O) groups is 1. The zero-order valence-electron chi connectivity index (χ0n) is 20.7. The van der Waals surface area contributed by atoms with Gasteiger partial charge in [-0.05, 0) is 44.9 Å². The van der Waals surface area contributed by atoms with E-state index in [0.717, 1.165) is 32.1 Å². The van der Waals surface area contributed by atoms with E-state index in [1.54, 1.807) is 0 Å². The monoisotopic (exact) mass is 363 g/mol. The Balaban J connectivity index is 2.07. The van der Waals surface area contributed by atoms with Crippen LogP contribution in [-0.4, -0.2) is 25.2 Å².